The van der Waals surface area contributed by atoms with Gasteiger partial charge in [-0.25, -0.2) is 9.97 Å². The molecule has 6 heteroatoms. The molecule has 114 valence electrons. The molecule has 0 saturated heterocycles. The monoisotopic (exact) mass is 289 g/mol. The summed E-state index contributed by atoms with van der Waals surface area (Å²) >= 11 is 0. The molecule has 0 spiro atoms. The van der Waals surface area contributed by atoms with E-state index in [1.54, 1.807) is 7.11 Å². The molecule has 2 heterocycles. The lowest BCUT2D eigenvalue weighted by Gasteiger charge is -2.11. The summed E-state index contributed by atoms with van der Waals surface area (Å²) in [5.41, 5.74) is 1.84. The Bertz CT molecular complexity index is 576. The van der Waals surface area contributed by atoms with E-state index in [-0.39, 0.29) is 0 Å². The van der Waals surface area contributed by atoms with Crippen molar-refractivity contribution in [2.75, 3.05) is 25.6 Å². The number of nitrogens with zero attached hydrogens (tertiary/aromatic N) is 4. The number of nitrogens with one attached hydrogen (secondary N) is 1. The number of ether oxygens (including phenoxy) is 1. The highest BCUT2D eigenvalue weighted by molar-refractivity contribution is 5.71. The summed E-state index contributed by atoms with van der Waals surface area (Å²) in [5, 5.41) is 3.28. The number of anilines is 1. The van der Waals surface area contributed by atoms with E-state index in [1.165, 1.54) is 25.7 Å². The molecule has 0 aliphatic heterocycles. The second kappa shape index (κ2) is 6.85. The normalized spacial score (nSPS) is 15.9. The molecule has 0 amide bonds. The second-order valence-electron chi connectivity index (χ2n) is 5.62. The Kier molecular flexibility index (Phi) is 4.65. The van der Waals surface area contributed by atoms with Crippen LogP contribution in [0.2, 0.25) is 0 Å². The Hall–Kier alpha value is -1.69. The molecule has 1 saturated carbocycles. The van der Waals surface area contributed by atoms with Crippen molar-refractivity contribution in [2.24, 2.45) is 0 Å². The van der Waals surface area contributed by atoms with Crippen LogP contribution in [0.25, 0.3) is 11.2 Å². The van der Waals surface area contributed by atoms with Gasteiger partial charge in [0.15, 0.2) is 5.65 Å². The van der Waals surface area contributed by atoms with Crippen LogP contribution in [0.3, 0.4) is 0 Å². The summed E-state index contributed by atoms with van der Waals surface area (Å²) in [5.74, 6) is 0.694. The lowest BCUT2D eigenvalue weighted by Crippen LogP contribution is -2.08. The molecular formula is C15H23N5O. The Labute approximate surface area is 124 Å². The van der Waals surface area contributed by atoms with Gasteiger partial charge in [0, 0.05) is 26.3 Å². The van der Waals surface area contributed by atoms with Crippen molar-refractivity contribution in [1.29, 1.82) is 0 Å². The Morgan fingerprint density at radius 3 is 2.95 bits per heavy atom. The van der Waals surface area contributed by atoms with Gasteiger partial charge in [-0.2, -0.15) is 4.98 Å². The first-order valence-electron chi connectivity index (χ1n) is 7.81. The van der Waals surface area contributed by atoms with Gasteiger partial charge in [0.2, 0.25) is 5.95 Å². The van der Waals surface area contributed by atoms with E-state index >= 15 is 0 Å². The zero-order valence-corrected chi connectivity index (χ0v) is 12.6. The summed E-state index contributed by atoms with van der Waals surface area (Å²) in [6, 6.07) is 0.555. The minimum Gasteiger partial charge on any atom is -0.385 e. The Morgan fingerprint density at radius 2 is 2.14 bits per heavy atom. The minimum atomic E-state index is 0.555. The summed E-state index contributed by atoms with van der Waals surface area (Å²) < 4.78 is 7.27. The fourth-order valence-corrected chi connectivity index (χ4v) is 2.93. The van der Waals surface area contributed by atoms with E-state index in [1.807, 2.05) is 12.5 Å². The van der Waals surface area contributed by atoms with Crippen molar-refractivity contribution < 1.29 is 4.74 Å². The molecular weight excluding hydrogens is 266 g/mol. The summed E-state index contributed by atoms with van der Waals surface area (Å²) in [7, 11) is 1.73. The molecule has 1 aliphatic rings. The van der Waals surface area contributed by atoms with Crippen LogP contribution < -0.4 is 5.32 Å². The number of unbranched alkanes of at least 4 members (excludes halogenated alkanes) is 1. The molecule has 2 aromatic rings. The van der Waals surface area contributed by atoms with Gasteiger partial charge in [0.05, 0.1) is 12.5 Å². The quantitative estimate of drug-likeness (QED) is 0.794. The van der Waals surface area contributed by atoms with Crippen LogP contribution in [0, 0.1) is 0 Å². The van der Waals surface area contributed by atoms with E-state index in [0.29, 0.717) is 12.0 Å². The van der Waals surface area contributed by atoms with Crippen molar-refractivity contribution in [1.82, 2.24) is 19.5 Å². The van der Waals surface area contributed by atoms with Crippen molar-refractivity contribution in [3.05, 3.63) is 12.5 Å². The molecule has 0 aromatic carbocycles. The smallest absolute Gasteiger partial charge is 0.224 e. The first kappa shape index (κ1) is 14.3. The number of aromatic nitrogens is 4. The number of rotatable bonds is 7. The maximum atomic E-state index is 5.04. The highest BCUT2D eigenvalue weighted by Gasteiger charge is 2.19. The van der Waals surface area contributed by atoms with E-state index in [9.17, 15) is 0 Å². The first-order chi connectivity index (χ1) is 10.4. The van der Waals surface area contributed by atoms with Crippen molar-refractivity contribution >= 4 is 17.1 Å². The summed E-state index contributed by atoms with van der Waals surface area (Å²) in [6.45, 7) is 1.67. The van der Waals surface area contributed by atoms with Gasteiger partial charge >= 0.3 is 0 Å². The first-order valence-corrected chi connectivity index (χ1v) is 7.81. The van der Waals surface area contributed by atoms with Gasteiger partial charge in [-0.3, -0.25) is 0 Å². The maximum absolute atomic E-state index is 5.04. The van der Waals surface area contributed by atoms with Crippen LogP contribution in [0.5, 0.6) is 0 Å². The third-order valence-electron chi connectivity index (χ3n) is 4.09. The molecule has 21 heavy (non-hydrogen) atoms. The lowest BCUT2D eigenvalue weighted by atomic mass is 10.2. The van der Waals surface area contributed by atoms with Gasteiger partial charge in [-0.1, -0.05) is 12.8 Å². The largest absolute Gasteiger partial charge is 0.385 e. The minimum absolute atomic E-state index is 0.555. The van der Waals surface area contributed by atoms with Crippen LogP contribution in [-0.4, -0.2) is 39.8 Å². The molecule has 1 fully saturated rings. The van der Waals surface area contributed by atoms with Crippen molar-refractivity contribution in [3.63, 3.8) is 0 Å². The highest BCUT2D eigenvalue weighted by Crippen LogP contribution is 2.31. The van der Waals surface area contributed by atoms with Gasteiger partial charge in [-0.15, -0.1) is 0 Å². The topological polar surface area (TPSA) is 64.9 Å². The number of hydrogen-bond acceptors (Lipinski definition) is 5. The Balaban J connectivity index is 1.68. The Morgan fingerprint density at radius 1 is 1.29 bits per heavy atom. The SMILES string of the molecule is COCCCCNc1ncc2ncn(C3CCCC3)c2n1. The zero-order valence-electron chi connectivity index (χ0n) is 12.6. The van der Waals surface area contributed by atoms with Crippen molar-refractivity contribution in [3.8, 4) is 0 Å². The van der Waals surface area contributed by atoms with Gasteiger partial charge in [0.1, 0.15) is 5.52 Å². The van der Waals surface area contributed by atoms with Crippen LogP contribution in [0.15, 0.2) is 12.5 Å². The van der Waals surface area contributed by atoms with Crippen LogP contribution in [0.1, 0.15) is 44.6 Å². The number of fused-ring (bicyclic) bond motifs is 1. The third-order valence-corrected chi connectivity index (χ3v) is 4.09. The van der Waals surface area contributed by atoms with Crippen molar-refractivity contribution in [2.45, 2.75) is 44.6 Å². The van der Waals surface area contributed by atoms with Gasteiger partial charge in [-0.05, 0) is 25.7 Å². The molecule has 0 radical (unpaired) electrons. The maximum Gasteiger partial charge on any atom is 0.224 e. The summed E-state index contributed by atoms with van der Waals surface area (Å²) in [6.07, 6.45) is 10.9. The van der Waals surface area contributed by atoms with E-state index in [4.69, 9.17) is 4.74 Å². The standard InChI is InChI=1S/C15H23N5O/c1-21-9-5-4-8-16-15-17-10-13-14(19-15)20(11-18-13)12-6-2-3-7-12/h10-12H,2-9H2,1H3,(H,16,17,19). The average Bonchev–Trinajstić information content (AvgIpc) is 3.15. The number of imidazole rings is 1. The van der Waals surface area contributed by atoms with Crippen LogP contribution >= 0.6 is 0 Å². The predicted octanol–water partition coefficient (Wildman–Crippen LogP) is 2.78. The van der Waals surface area contributed by atoms with E-state index < -0.39 is 0 Å². The van der Waals surface area contributed by atoms with E-state index in [2.05, 4.69) is 24.8 Å². The molecule has 1 aliphatic carbocycles. The van der Waals surface area contributed by atoms with Crippen LogP contribution in [0.4, 0.5) is 5.95 Å². The van der Waals surface area contributed by atoms with Gasteiger partial charge in [0.25, 0.3) is 0 Å². The van der Waals surface area contributed by atoms with Crippen LogP contribution in [-0.2, 0) is 4.74 Å². The molecule has 0 unspecified atom stereocenters. The molecule has 3 rings (SSSR count). The summed E-state index contributed by atoms with van der Waals surface area (Å²) in [4.78, 5) is 13.4. The predicted molar refractivity (Wildman–Crippen MR) is 82.4 cm³/mol. The van der Waals surface area contributed by atoms with Gasteiger partial charge < -0.3 is 14.6 Å². The molecule has 1 N–H and O–H groups in total. The zero-order chi connectivity index (χ0) is 14.5. The third kappa shape index (κ3) is 3.32. The van der Waals surface area contributed by atoms with E-state index in [0.717, 1.165) is 37.2 Å². The fourth-order valence-electron chi connectivity index (χ4n) is 2.93. The number of hydrogen-bond donors (Lipinski definition) is 1. The lowest BCUT2D eigenvalue weighted by molar-refractivity contribution is 0.193. The number of methoxy groups -OCH3 is 1. The molecule has 0 bridgehead atoms. The second-order valence-corrected chi connectivity index (χ2v) is 5.62. The molecule has 2 aromatic heterocycles. The highest BCUT2D eigenvalue weighted by atomic mass is 16.5. The molecule has 0 atom stereocenters. The molecule has 6 nitrogen and oxygen atoms in total. The average molecular weight is 289 g/mol. The fraction of sp³-hybridized carbons (Fsp3) is 0.667.